The number of benzene rings is 2. The zero-order valence-electron chi connectivity index (χ0n) is 20.0. The summed E-state index contributed by atoms with van der Waals surface area (Å²) in [5, 5.41) is 39.7. The third-order valence-corrected chi connectivity index (χ3v) is 6.37. The molecule has 0 atom stereocenters. The van der Waals surface area contributed by atoms with E-state index in [4.69, 9.17) is 4.74 Å². The Bertz CT molecular complexity index is 1000. The van der Waals surface area contributed by atoms with Crippen LogP contribution in [0.1, 0.15) is 92.6 Å². The van der Waals surface area contributed by atoms with Crippen molar-refractivity contribution in [1.82, 2.24) is 0 Å². The Kier molecular flexibility index (Phi) is 9.25. The molecule has 0 radical (unpaired) electrons. The van der Waals surface area contributed by atoms with E-state index in [2.05, 4.69) is 6.92 Å². The van der Waals surface area contributed by atoms with Crippen LogP contribution in [0.2, 0.25) is 0 Å². The first-order chi connectivity index (χ1) is 16.4. The summed E-state index contributed by atoms with van der Waals surface area (Å²) in [5.41, 5.74) is 1.64. The molecule has 1 aliphatic rings. The average molecular weight is 469 g/mol. The minimum Gasteiger partial charge on any atom is -0.504 e. The molecule has 34 heavy (non-hydrogen) atoms. The highest BCUT2D eigenvalue weighted by molar-refractivity contribution is 6.14. The number of ether oxygens (including phenoxy) is 1. The lowest BCUT2D eigenvalue weighted by Crippen LogP contribution is -2.16. The molecule has 6 heteroatoms. The van der Waals surface area contributed by atoms with Crippen LogP contribution in [-0.4, -0.2) is 32.8 Å². The van der Waals surface area contributed by atoms with Crippen molar-refractivity contribution < 1.29 is 30.0 Å². The van der Waals surface area contributed by atoms with Crippen LogP contribution in [0.4, 0.5) is 0 Å². The highest BCUT2D eigenvalue weighted by Crippen LogP contribution is 2.40. The Hall–Kier alpha value is -3.15. The van der Waals surface area contributed by atoms with Gasteiger partial charge in [-0.2, -0.15) is 0 Å². The highest BCUT2D eigenvalue weighted by Gasteiger charge is 2.28. The van der Waals surface area contributed by atoms with Crippen LogP contribution < -0.4 is 4.74 Å². The van der Waals surface area contributed by atoms with Crippen LogP contribution in [0.5, 0.6) is 23.0 Å². The molecule has 2 aromatic rings. The van der Waals surface area contributed by atoms with Crippen molar-refractivity contribution in [2.24, 2.45) is 0 Å². The number of aliphatic hydroxyl groups excluding tert-OH is 1. The lowest BCUT2D eigenvalue weighted by atomic mass is 9.85. The summed E-state index contributed by atoms with van der Waals surface area (Å²) in [7, 11) is 0. The van der Waals surface area contributed by atoms with Crippen LogP contribution in [0.25, 0.3) is 5.57 Å². The van der Waals surface area contributed by atoms with Gasteiger partial charge in [0.1, 0.15) is 5.75 Å². The third-order valence-electron chi connectivity index (χ3n) is 6.37. The number of Topliss-reactive ketones (excluding diaryl/α,β-unsaturated/α-hetero) is 1. The number of rotatable bonds is 13. The first-order valence-corrected chi connectivity index (χ1v) is 12.4. The minimum atomic E-state index is -0.644. The molecule has 0 aliphatic heterocycles. The maximum atomic E-state index is 12.7. The Morgan fingerprint density at radius 2 is 1.38 bits per heavy atom. The molecule has 1 aliphatic carbocycles. The SMILES string of the molecule is CCCCCCCCCCCCOc1ccc2c(c1)CC(c1cc(O)c(O)c(O)c1)=C(O)C2=O. The highest BCUT2D eigenvalue weighted by atomic mass is 16.5. The molecule has 0 saturated heterocycles. The summed E-state index contributed by atoms with van der Waals surface area (Å²) in [6, 6.07) is 7.62. The zero-order chi connectivity index (χ0) is 24.5. The average Bonchev–Trinajstić information content (AvgIpc) is 2.82. The van der Waals surface area contributed by atoms with Gasteiger partial charge in [0.15, 0.2) is 23.0 Å². The summed E-state index contributed by atoms with van der Waals surface area (Å²) < 4.78 is 5.90. The second-order valence-electron chi connectivity index (χ2n) is 9.05. The van der Waals surface area contributed by atoms with E-state index in [1.54, 1.807) is 18.2 Å². The number of phenolic OH excluding ortho intramolecular Hbond substituents is 3. The number of fused-ring (bicyclic) bond motifs is 1. The molecule has 0 spiro atoms. The van der Waals surface area contributed by atoms with Crippen LogP contribution in [0, 0.1) is 0 Å². The summed E-state index contributed by atoms with van der Waals surface area (Å²) in [4.78, 5) is 12.7. The maximum Gasteiger partial charge on any atom is 0.227 e. The second kappa shape index (κ2) is 12.4. The topological polar surface area (TPSA) is 107 Å². The molecular formula is C28H36O6. The lowest BCUT2D eigenvalue weighted by Gasteiger charge is -2.20. The number of hydrogen-bond donors (Lipinski definition) is 4. The standard InChI is InChI=1S/C28H36O6/c1-2-3-4-5-6-7-8-9-10-11-14-34-21-12-13-22-19(15-21)16-23(27(32)26(22)31)20-17-24(29)28(33)25(30)18-20/h12-13,15,17-18,29-30,32-33H,2-11,14,16H2,1H3. The van der Waals surface area contributed by atoms with Crippen LogP contribution in [0.3, 0.4) is 0 Å². The first kappa shape index (κ1) is 25.5. The minimum absolute atomic E-state index is 0.228. The fourth-order valence-corrected chi connectivity index (χ4v) is 4.36. The third kappa shape index (κ3) is 6.46. The number of ketones is 1. The molecule has 0 amide bonds. The lowest BCUT2D eigenvalue weighted by molar-refractivity contribution is 0.0975. The van der Waals surface area contributed by atoms with Crippen molar-refractivity contribution in [3.8, 4) is 23.0 Å². The van der Waals surface area contributed by atoms with Crippen LogP contribution >= 0.6 is 0 Å². The Balaban J connectivity index is 1.51. The van der Waals surface area contributed by atoms with E-state index in [1.807, 2.05) is 0 Å². The fraction of sp³-hybridized carbons (Fsp3) is 0.464. The molecule has 184 valence electrons. The molecular weight excluding hydrogens is 432 g/mol. The van der Waals surface area contributed by atoms with Gasteiger partial charge in [0.25, 0.3) is 0 Å². The van der Waals surface area contributed by atoms with E-state index in [-0.39, 0.29) is 17.6 Å². The van der Waals surface area contributed by atoms with E-state index < -0.39 is 28.8 Å². The molecule has 0 unspecified atom stereocenters. The first-order valence-electron chi connectivity index (χ1n) is 12.4. The number of carbonyl (C=O) groups excluding carboxylic acids is 1. The van der Waals surface area contributed by atoms with Crippen molar-refractivity contribution in [2.75, 3.05) is 6.61 Å². The van der Waals surface area contributed by atoms with Gasteiger partial charge in [-0.25, -0.2) is 0 Å². The van der Waals surface area contributed by atoms with Crippen LogP contribution in [0.15, 0.2) is 36.1 Å². The van der Waals surface area contributed by atoms with Gasteiger partial charge in [-0.3, -0.25) is 4.79 Å². The molecule has 3 rings (SSSR count). The number of aliphatic hydroxyl groups is 1. The van der Waals surface area contributed by atoms with Crippen molar-refractivity contribution in [2.45, 2.75) is 77.6 Å². The number of allylic oxidation sites excluding steroid dienone is 2. The number of aromatic hydroxyl groups is 3. The van der Waals surface area contributed by atoms with Crippen molar-refractivity contribution >= 4 is 11.4 Å². The summed E-state index contributed by atoms with van der Waals surface area (Å²) in [6.45, 7) is 2.85. The van der Waals surface area contributed by atoms with Gasteiger partial charge in [-0.05, 0) is 47.9 Å². The molecule has 4 N–H and O–H groups in total. The predicted molar refractivity (Wildman–Crippen MR) is 133 cm³/mol. The Morgan fingerprint density at radius 3 is 2.00 bits per heavy atom. The molecule has 0 heterocycles. The number of carbonyl (C=O) groups is 1. The van der Waals surface area contributed by atoms with Gasteiger partial charge in [-0.15, -0.1) is 0 Å². The number of hydrogen-bond acceptors (Lipinski definition) is 6. The monoisotopic (exact) mass is 468 g/mol. The van der Waals surface area contributed by atoms with Gasteiger partial charge in [0, 0.05) is 17.6 Å². The summed E-state index contributed by atoms with van der Waals surface area (Å²) in [5.74, 6) is -1.99. The molecule has 0 fully saturated rings. The zero-order valence-corrected chi connectivity index (χ0v) is 20.0. The van der Waals surface area contributed by atoms with Crippen molar-refractivity contribution in [3.05, 3.63) is 52.8 Å². The van der Waals surface area contributed by atoms with Crippen molar-refractivity contribution in [3.63, 3.8) is 0 Å². The van der Waals surface area contributed by atoms with E-state index >= 15 is 0 Å². The van der Waals surface area contributed by atoms with Gasteiger partial charge in [-0.1, -0.05) is 64.7 Å². The number of unbranched alkanes of at least 4 members (excludes halogenated alkanes) is 9. The Morgan fingerprint density at radius 1 is 0.794 bits per heavy atom. The normalized spacial score (nSPS) is 13.3. The van der Waals surface area contributed by atoms with Gasteiger partial charge < -0.3 is 25.2 Å². The van der Waals surface area contributed by atoms with E-state index in [0.29, 0.717) is 23.5 Å². The quantitative estimate of drug-likeness (QED) is 0.190. The van der Waals surface area contributed by atoms with Gasteiger partial charge >= 0.3 is 0 Å². The fourth-order valence-electron chi connectivity index (χ4n) is 4.36. The smallest absolute Gasteiger partial charge is 0.227 e. The largest absolute Gasteiger partial charge is 0.504 e. The molecule has 0 aromatic heterocycles. The molecule has 0 saturated carbocycles. The van der Waals surface area contributed by atoms with Crippen molar-refractivity contribution in [1.29, 1.82) is 0 Å². The van der Waals surface area contributed by atoms with Crippen LogP contribution in [-0.2, 0) is 6.42 Å². The van der Waals surface area contributed by atoms with E-state index in [0.717, 1.165) is 12.8 Å². The van der Waals surface area contributed by atoms with E-state index in [9.17, 15) is 25.2 Å². The Labute approximate surface area is 201 Å². The second-order valence-corrected chi connectivity index (χ2v) is 9.05. The molecule has 6 nitrogen and oxygen atoms in total. The van der Waals surface area contributed by atoms with Gasteiger partial charge in [0.05, 0.1) is 6.61 Å². The summed E-state index contributed by atoms with van der Waals surface area (Å²) >= 11 is 0. The predicted octanol–water partition coefficient (Wildman–Crippen LogP) is 6.81. The molecule has 0 bridgehead atoms. The molecule has 2 aromatic carbocycles. The van der Waals surface area contributed by atoms with E-state index in [1.165, 1.54) is 63.5 Å². The van der Waals surface area contributed by atoms with Gasteiger partial charge in [0.2, 0.25) is 5.78 Å². The summed E-state index contributed by atoms with van der Waals surface area (Å²) in [6.07, 6.45) is 12.8. The number of phenols is 3. The maximum absolute atomic E-state index is 12.7.